The third kappa shape index (κ3) is 4.24. The van der Waals surface area contributed by atoms with Gasteiger partial charge in [-0.15, -0.1) is 0 Å². The van der Waals surface area contributed by atoms with Crippen LogP contribution < -0.4 is 10.9 Å². The van der Waals surface area contributed by atoms with Crippen molar-refractivity contribution in [1.29, 1.82) is 0 Å². The van der Waals surface area contributed by atoms with Gasteiger partial charge in [0.2, 0.25) is 5.95 Å². The molecule has 0 aliphatic carbocycles. The summed E-state index contributed by atoms with van der Waals surface area (Å²) in [5.74, 6) is 0.499. The van der Waals surface area contributed by atoms with Crippen LogP contribution >= 0.6 is 0 Å². The summed E-state index contributed by atoms with van der Waals surface area (Å²) in [4.78, 5) is 22.2. The van der Waals surface area contributed by atoms with Gasteiger partial charge in [0.1, 0.15) is 0 Å². The van der Waals surface area contributed by atoms with Crippen LogP contribution in [0.15, 0.2) is 59.4 Å². The summed E-state index contributed by atoms with van der Waals surface area (Å²) in [6.45, 7) is 5.51. The average Bonchev–Trinajstić information content (AvgIpc) is 2.73. The number of fused-ring (bicyclic) bond motifs is 1. The first-order valence-corrected chi connectivity index (χ1v) is 9.86. The summed E-state index contributed by atoms with van der Waals surface area (Å²) in [7, 11) is 0. The number of nitrogens with zero attached hydrogens (tertiary/aromatic N) is 2. The van der Waals surface area contributed by atoms with E-state index in [2.05, 4.69) is 51.4 Å². The van der Waals surface area contributed by atoms with Gasteiger partial charge in [0.05, 0.1) is 29.7 Å². The van der Waals surface area contributed by atoms with Crippen LogP contribution in [0.4, 0.5) is 5.95 Å². The predicted molar refractivity (Wildman–Crippen MR) is 112 cm³/mol. The Morgan fingerprint density at radius 3 is 2.82 bits per heavy atom. The monoisotopic (exact) mass is 378 g/mol. The number of benzene rings is 2. The number of hydrogen-bond acceptors (Lipinski definition) is 5. The van der Waals surface area contributed by atoms with E-state index in [9.17, 15) is 4.79 Å². The highest BCUT2D eigenvalue weighted by Gasteiger charge is 2.27. The SMILES string of the molecule is CCC(Nc1nc2ccccc2c(=O)[nH]1)C1CN(Cc2ccccc2)CCO1. The highest BCUT2D eigenvalue weighted by Crippen LogP contribution is 2.17. The molecule has 3 aromatic rings. The van der Waals surface area contributed by atoms with Gasteiger partial charge in [0, 0.05) is 19.6 Å². The zero-order chi connectivity index (χ0) is 19.3. The number of ether oxygens (including phenoxy) is 1. The molecule has 146 valence electrons. The Kier molecular flexibility index (Phi) is 5.69. The Balaban J connectivity index is 1.47. The summed E-state index contributed by atoms with van der Waals surface area (Å²) < 4.78 is 6.06. The second-order valence-electron chi connectivity index (χ2n) is 7.22. The molecule has 0 bridgehead atoms. The van der Waals surface area contributed by atoms with Gasteiger partial charge in [-0.3, -0.25) is 14.7 Å². The molecule has 1 aliphatic rings. The van der Waals surface area contributed by atoms with E-state index in [1.54, 1.807) is 6.07 Å². The maximum absolute atomic E-state index is 12.3. The number of rotatable bonds is 6. The maximum atomic E-state index is 12.3. The van der Waals surface area contributed by atoms with Crippen LogP contribution in [0.1, 0.15) is 18.9 Å². The third-order valence-corrected chi connectivity index (χ3v) is 5.25. The van der Waals surface area contributed by atoms with Crippen LogP contribution in [-0.4, -0.2) is 46.7 Å². The Hall–Kier alpha value is -2.70. The van der Waals surface area contributed by atoms with E-state index in [-0.39, 0.29) is 17.7 Å². The smallest absolute Gasteiger partial charge is 0.260 e. The summed E-state index contributed by atoms with van der Waals surface area (Å²) in [6, 6.07) is 18.0. The van der Waals surface area contributed by atoms with Crippen molar-refractivity contribution in [3.8, 4) is 0 Å². The number of aromatic amines is 1. The normalized spacial score (nSPS) is 18.8. The number of para-hydroxylation sites is 1. The Morgan fingerprint density at radius 2 is 2.00 bits per heavy atom. The molecular formula is C22H26N4O2. The molecule has 28 heavy (non-hydrogen) atoms. The maximum Gasteiger partial charge on any atom is 0.260 e. The van der Waals surface area contributed by atoms with E-state index in [4.69, 9.17) is 4.74 Å². The van der Waals surface area contributed by atoms with Crippen LogP contribution in [-0.2, 0) is 11.3 Å². The molecule has 4 rings (SSSR count). The molecule has 1 aromatic heterocycles. The van der Waals surface area contributed by atoms with E-state index >= 15 is 0 Å². The summed E-state index contributed by atoms with van der Waals surface area (Å²) >= 11 is 0. The lowest BCUT2D eigenvalue weighted by molar-refractivity contribution is -0.0403. The van der Waals surface area contributed by atoms with Crippen molar-refractivity contribution in [3.05, 3.63) is 70.5 Å². The number of anilines is 1. The molecule has 1 saturated heterocycles. The first-order valence-electron chi connectivity index (χ1n) is 9.86. The molecule has 1 aliphatic heterocycles. The zero-order valence-electron chi connectivity index (χ0n) is 16.1. The van der Waals surface area contributed by atoms with E-state index in [1.807, 2.05) is 24.3 Å². The molecule has 0 saturated carbocycles. The van der Waals surface area contributed by atoms with E-state index < -0.39 is 0 Å². The number of H-pyrrole nitrogens is 1. The molecule has 1 fully saturated rings. The van der Waals surface area contributed by atoms with Crippen LogP contribution in [0, 0.1) is 0 Å². The van der Waals surface area contributed by atoms with Gasteiger partial charge in [0.15, 0.2) is 0 Å². The van der Waals surface area contributed by atoms with E-state index in [0.29, 0.717) is 23.5 Å². The summed E-state index contributed by atoms with van der Waals surface area (Å²) in [5.41, 5.74) is 1.88. The highest BCUT2D eigenvalue weighted by atomic mass is 16.5. The predicted octanol–water partition coefficient (Wildman–Crippen LogP) is 3.01. The molecule has 2 heterocycles. The minimum Gasteiger partial charge on any atom is -0.373 e. The van der Waals surface area contributed by atoms with Crippen LogP contribution in [0.3, 0.4) is 0 Å². The highest BCUT2D eigenvalue weighted by molar-refractivity contribution is 5.78. The lowest BCUT2D eigenvalue weighted by Gasteiger charge is -2.37. The van der Waals surface area contributed by atoms with Gasteiger partial charge < -0.3 is 10.1 Å². The molecule has 2 aromatic carbocycles. The van der Waals surface area contributed by atoms with Gasteiger partial charge in [-0.2, -0.15) is 0 Å². The minimum absolute atomic E-state index is 0.0410. The van der Waals surface area contributed by atoms with Crippen molar-refractivity contribution in [2.75, 3.05) is 25.0 Å². The number of morpholine rings is 1. The first-order chi connectivity index (χ1) is 13.7. The van der Waals surface area contributed by atoms with Gasteiger partial charge in [-0.25, -0.2) is 4.98 Å². The molecule has 2 N–H and O–H groups in total. The van der Waals surface area contributed by atoms with Crippen LogP contribution in [0.5, 0.6) is 0 Å². The molecule has 0 amide bonds. The van der Waals surface area contributed by atoms with Crippen LogP contribution in [0.25, 0.3) is 10.9 Å². The number of hydrogen-bond donors (Lipinski definition) is 2. The van der Waals surface area contributed by atoms with E-state index in [0.717, 1.165) is 26.1 Å². The molecule has 0 spiro atoms. The largest absolute Gasteiger partial charge is 0.373 e. The topological polar surface area (TPSA) is 70.2 Å². The van der Waals surface area contributed by atoms with Gasteiger partial charge in [-0.05, 0) is 24.1 Å². The third-order valence-electron chi connectivity index (χ3n) is 5.25. The van der Waals surface area contributed by atoms with Crippen molar-refractivity contribution >= 4 is 16.9 Å². The molecule has 6 heteroatoms. The molecule has 6 nitrogen and oxygen atoms in total. The first kappa shape index (κ1) is 18.7. The summed E-state index contributed by atoms with van der Waals surface area (Å²) in [5, 5.41) is 4.00. The van der Waals surface area contributed by atoms with Gasteiger partial charge >= 0.3 is 0 Å². The van der Waals surface area contributed by atoms with Crippen molar-refractivity contribution in [2.24, 2.45) is 0 Å². The Labute approximate surface area is 164 Å². The fourth-order valence-corrected chi connectivity index (χ4v) is 3.75. The molecule has 0 radical (unpaired) electrons. The van der Waals surface area contributed by atoms with Gasteiger partial charge in [-0.1, -0.05) is 49.4 Å². The standard InChI is InChI=1S/C22H26N4O2/c1-2-18(23-22-24-19-11-7-6-10-17(19)21(27)25-22)20-15-26(12-13-28-20)14-16-8-4-3-5-9-16/h3-11,18,20H,2,12-15H2,1H3,(H2,23,24,25,27). The number of nitrogens with one attached hydrogen (secondary N) is 2. The summed E-state index contributed by atoms with van der Waals surface area (Å²) in [6.07, 6.45) is 0.916. The second kappa shape index (κ2) is 8.54. The van der Waals surface area contributed by atoms with Crippen LogP contribution in [0.2, 0.25) is 0 Å². The molecule has 2 atom stereocenters. The quantitative estimate of drug-likeness (QED) is 0.690. The molecular weight excluding hydrogens is 352 g/mol. The fraction of sp³-hybridized carbons (Fsp3) is 0.364. The van der Waals surface area contributed by atoms with Gasteiger partial charge in [0.25, 0.3) is 5.56 Å². The Bertz CT molecular complexity index is 973. The average molecular weight is 378 g/mol. The second-order valence-corrected chi connectivity index (χ2v) is 7.22. The lowest BCUT2D eigenvalue weighted by Crippen LogP contribution is -2.49. The zero-order valence-corrected chi connectivity index (χ0v) is 16.1. The lowest BCUT2D eigenvalue weighted by atomic mass is 10.1. The minimum atomic E-state index is -0.127. The van der Waals surface area contributed by atoms with Crippen molar-refractivity contribution in [1.82, 2.24) is 14.9 Å². The Morgan fingerprint density at radius 1 is 1.21 bits per heavy atom. The van der Waals surface area contributed by atoms with Crippen molar-refractivity contribution in [2.45, 2.75) is 32.0 Å². The van der Waals surface area contributed by atoms with Crippen molar-refractivity contribution < 1.29 is 4.74 Å². The fourth-order valence-electron chi connectivity index (χ4n) is 3.75. The van der Waals surface area contributed by atoms with Crippen molar-refractivity contribution in [3.63, 3.8) is 0 Å². The number of aromatic nitrogens is 2. The molecule has 2 unspecified atom stereocenters. The van der Waals surface area contributed by atoms with E-state index in [1.165, 1.54) is 5.56 Å².